The van der Waals surface area contributed by atoms with Crippen molar-refractivity contribution in [2.24, 2.45) is 5.92 Å². The molecule has 1 atom stereocenters. The lowest BCUT2D eigenvalue weighted by Gasteiger charge is -2.26. The van der Waals surface area contributed by atoms with E-state index in [4.69, 9.17) is 4.74 Å². The largest absolute Gasteiger partial charge is 0.444 e. The molecule has 0 saturated heterocycles. The number of hydrogen-bond acceptors (Lipinski definition) is 4. The van der Waals surface area contributed by atoms with Gasteiger partial charge >= 0.3 is 6.09 Å². The highest BCUT2D eigenvalue weighted by molar-refractivity contribution is 5.67. The first-order valence-electron chi connectivity index (χ1n) is 8.73. The van der Waals surface area contributed by atoms with Crippen molar-refractivity contribution in [3.63, 3.8) is 0 Å². The lowest BCUT2D eigenvalue weighted by molar-refractivity contribution is 0.0518. The molecule has 1 aromatic rings. The summed E-state index contributed by atoms with van der Waals surface area (Å²) in [4.78, 5) is 11.9. The first-order valence-corrected chi connectivity index (χ1v) is 8.73. The summed E-state index contributed by atoms with van der Waals surface area (Å²) in [5.74, 6) is 0.592. The molecule has 1 unspecified atom stereocenters. The van der Waals surface area contributed by atoms with Gasteiger partial charge in [-0.05, 0) is 39.5 Å². The van der Waals surface area contributed by atoms with Crippen molar-refractivity contribution in [3.8, 4) is 0 Å². The number of alkyl carbamates (subject to hydrolysis) is 1. The van der Waals surface area contributed by atoms with Gasteiger partial charge in [0.25, 0.3) is 0 Å². The van der Waals surface area contributed by atoms with Gasteiger partial charge in [-0.25, -0.2) is 9.48 Å². The van der Waals surface area contributed by atoms with Crippen molar-refractivity contribution in [1.29, 1.82) is 0 Å². The predicted octanol–water partition coefficient (Wildman–Crippen LogP) is 3.16. The fourth-order valence-corrected chi connectivity index (χ4v) is 3.09. The van der Waals surface area contributed by atoms with Gasteiger partial charge in [0.15, 0.2) is 0 Å². The number of ether oxygens (including phenoxy) is 1. The lowest BCUT2D eigenvalue weighted by atomic mass is 9.98. The molecule has 6 nitrogen and oxygen atoms in total. The summed E-state index contributed by atoms with van der Waals surface area (Å²) < 4.78 is 7.02. The van der Waals surface area contributed by atoms with Crippen molar-refractivity contribution in [2.45, 2.75) is 64.6 Å². The topological polar surface area (TPSA) is 68.2 Å². The van der Waals surface area contributed by atoms with E-state index in [2.05, 4.69) is 22.3 Å². The van der Waals surface area contributed by atoms with E-state index in [0.29, 0.717) is 12.5 Å². The molecular formula is C18H30N4O2. The summed E-state index contributed by atoms with van der Waals surface area (Å²) in [6.45, 7) is 10.6. The monoisotopic (exact) mass is 334 g/mol. The molecule has 134 valence electrons. The number of hydrogen-bond donors (Lipinski definition) is 2. The van der Waals surface area contributed by atoms with Gasteiger partial charge in [-0.2, -0.15) is 5.10 Å². The molecule has 1 saturated carbocycles. The Morgan fingerprint density at radius 3 is 2.79 bits per heavy atom. The summed E-state index contributed by atoms with van der Waals surface area (Å²) in [5, 5.41) is 10.7. The van der Waals surface area contributed by atoms with Crippen LogP contribution in [0, 0.1) is 5.92 Å². The smallest absolute Gasteiger partial charge is 0.407 e. The van der Waals surface area contributed by atoms with E-state index in [1.165, 1.54) is 25.7 Å². The van der Waals surface area contributed by atoms with Gasteiger partial charge in [0.05, 0.1) is 6.20 Å². The number of carbonyl (C=O) groups excluding carboxylic acids is 1. The van der Waals surface area contributed by atoms with Crippen LogP contribution < -0.4 is 10.6 Å². The van der Waals surface area contributed by atoms with Gasteiger partial charge in [0, 0.05) is 37.1 Å². The molecule has 2 rings (SSSR count). The molecule has 1 aliphatic carbocycles. The molecule has 0 bridgehead atoms. The molecule has 6 heteroatoms. The number of amides is 1. The summed E-state index contributed by atoms with van der Waals surface area (Å²) in [5.41, 5.74) is 0.634. The zero-order valence-electron chi connectivity index (χ0n) is 15.0. The maximum absolute atomic E-state index is 11.9. The standard InChI is InChI=1S/C18H30N4O2/c1-5-22-13-14(11-21-22)10-19-16(15-8-6-7-9-15)12-20-17(23)24-18(2,3)4/h5,11,13,15-16,19H,1,6-10,12H2,2-4H3,(H,20,23). The zero-order chi connectivity index (χ0) is 17.6. The Bertz CT molecular complexity index is 541. The van der Waals surface area contributed by atoms with Crippen LogP contribution in [-0.2, 0) is 11.3 Å². The van der Waals surface area contributed by atoms with Gasteiger partial charge in [-0.1, -0.05) is 19.4 Å². The Hall–Kier alpha value is -1.82. The molecule has 0 spiro atoms. The Morgan fingerprint density at radius 1 is 1.50 bits per heavy atom. The van der Waals surface area contributed by atoms with Crippen molar-refractivity contribution in [1.82, 2.24) is 20.4 Å². The first-order chi connectivity index (χ1) is 11.4. The van der Waals surface area contributed by atoms with Crippen LogP contribution in [-0.4, -0.2) is 34.1 Å². The highest BCUT2D eigenvalue weighted by atomic mass is 16.6. The van der Waals surface area contributed by atoms with E-state index in [1.807, 2.05) is 33.2 Å². The van der Waals surface area contributed by atoms with Crippen LogP contribution in [0.15, 0.2) is 19.0 Å². The van der Waals surface area contributed by atoms with E-state index in [-0.39, 0.29) is 12.1 Å². The average Bonchev–Trinajstić information content (AvgIpc) is 3.16. The summed E-state index contributed by atoms with van der Waals surface area (Å²) >= 11 is 0. The third-order valence-electron chi connectivity index (χ3n) is 4.24. The molecule has 1 fully saturated rings. The second-order valence-corrected chi connectivity index (χ2v) is 7.43. The molecule has 24 heavy (non-hydrogen) atoms. The highest BCUT2D eigenvalue weighted by Gasteiger charge is 2.26. The van der Waals surface area contributed by atoms with Crippen LogP contribution in [0.5, 0.6) is 0 Å². The third-order valence-corrected chi connectivity index (χ3v) is 4.24. The van der Waals surface area contributed by atoms with E-state index in [9.17, 15) is 4.79 Å². The quantitative estimate of drug-likeness (QED) is 0.804. The average molecular weight is 334 g/mol. The molecule has 0 radical (unpaired) electrons. The molecule has 1 aliphatic rings. The highest BCUT2D eigenvalue weighted by Crippen LogP contribution is 2.27. The van der Waals surface area contributed by atoms with Crippen LogP contribution in [0.4, 0.5) is 4.79 Å². The van der Waals surface area contributed by atoms with Crippen molar-refractivity contribution in [3.05, 3.63) is 24.5 Å². The second kappa shape index (κ2) is 8.33. The predicted molar refractivity (Wildman–Crippen MR) is 95.4 cm³/mol. The van der Waals surface area contributed by atoms with Crippen LogP contribution in [0.25, 0.3) is 6.20 Å². The maximum atomic E-state index is 11.9. The number of carbonyl (C=O) groups is 1. The summed E-state index contributed by atoms with van der Waals surface area (Å²) in [6.07, 6.45) is 10.1. The minimum atomic E-state index is -0.473. The van der Waals surface area contributed by atoms with Crippen LogP contribution >= 0.6 is 0 Å². The fourth-order valence-electron chi connectivity index (χ4n) is 3.09. The Labute approximate surface area is 144 Å². The number of nitrogens with one attached hydrogen (secondary N) is 2. The molecule has 1 aromatic heterocycles. The SMILES string of the molecule is C=Cn1cc(CNC(CNC(=O)OC(C)(C)C)C2CCCC2)cn1. The van der Waals surface area contributed by atoms with Gasteiger partial charge in [-0.15, -0.1) is 0 Å². The summed E-state index contributed by atoms with van der Waals surface area (Å²) in [6, 6.07) is 0.243. The first kappa shape index (κ1) is 18.5. The number of aromatic nitrogens is 2. The normalized spacial score (nSPS) is 16.8. The van der Waals surface area contributed by atoms with Crippen LogP contribution in [0.1, 0.15) is 52.0 Å². The van der Waals surface area contributed by atoms with Gasteiger partial charge in [0.2, 0.25) is 0 Å². The van der Waals surface area contributed by atoms with Crippen molar-refractivity contribution in [2.75, 3.05) is 6.54 Å². The lowest BCUT2D eigenvalue weighted by Crippen LogP contribution is -2.45. The van der Waals surface area contributed by atoms with Crippen molar-refractivity contribution >= 4 is 12.3 Å². The van der Waals surface area contributed by atoms with E-state index in [1.54, 1.807) is 10.9 Å². The second-order valence-electron chi connectivity index (χ2n) is 7.43. The third kappa shape index (κ3) is 6.00. The molecule has 1 heterocycles. The zero-order valence-corrected chi connectivity index (χ0v) is 15.0. The van der Waals surface area contributed by atoms with E-state index in [0.717, 1.165) is 12.1 Å². The van der Waals surface area contributed by atoms with E-state index < -0.39 is 5.60 Å². The van der Waals surface area contributed by atoms with Crippen LogP contribution in [0.3, 0.4) is 0 Å². The summed E-state index contributed by atoms with van der Waals surface area (Å²) in [7, 11) is 0. The molecule has 0 aromatic carbocycles. The molecule has 0 aliphatic heterocycles. The number of rotatable bonds is 7. The number of nitrogens with zero attached hydrogens (tertiary/aromatic N) is 2. The van der Waals surface area contributed by atoms with Gasteiger partial charge in [-0.3, -0.25) is 0 Å². The maximum Gasteiger partial charge on any atom is 0.407 e. The van der Waals surface area contributed by atoms with Gasteiger partial charge < -0.3 is 15.4 Å². The van der Waals surface area contributed by atoms with E-state index >= 15 is 0 Å². The molecule has 2 N–H and O–H groups in total. The van der Waals surface area contributed by atoms with Crippen molar-refractivity contribution < 1.29 is 9.53 Å². The Balaban J connectivity index is 1.87. The Morgan fingerprint density at radius 2 is 2.21 bits per heavy atom. The molecule has 1 amide bonds. The van der Waals surface area contributed by atoms with Gasteiger partial charge in [0.1, 0.15) is 5.60 Å². The van der Waals surface area contributed by atoms with Crippen LogP contribution in [0.2, 0.25) is 0 Å². The molecular weight excluding hydrogens is 304 g/mol. The minimum absolute atomic E-state index is 0.243. The Kier molecular flexibility index (Phi) is 6.43. The minimum Gasteiger partial charge on any atom is -0.444 e. The fraction of sp³-hybridized carbons (Fsp3) is 0.667.